The molecule has 0 aliphatic heterocycles. The molecule has 0 bridgehead atoms. The molecule has 0 radical (unpaired) electrons. The number of nitrogens with one attached hydrogen (secondary N) is 1. The highest BCUT2D eigenvalue weighted by Crippen LogP contribution is 2.26. The number of nitrogens with zero attached hydrogens (tertiary/aromatic N) is 3. The van der Waals surface area contributed by atoms with Crippen molar-refractivity contribution in [1.82, 2.24) is 15.1 Å². The van der Waals surface area contributed by atoms with Crippen LogP contribution in [-0.4, -0.2) is 39.5 Å². The van der Waals surface area contributed by atoms with Crippen LogP contribution in [0.1, 0.15) is 31.4 Å². The fourth-order valence-electron chi connectivity index (χ4n) is 3.08. The molecule has 0 saturated carbocycles. The molecule has 0 atom stereocenters. The number of aryl methyl sites for hydroxylation is 2. The van der Waals surface area contributed by atoms with Crippen LogP contribution in [0, 0.1) is 6.92 Å². The van der Waals surface area contributed by atoms with Gasteiger partial charge in [-0.2, -0.15) is 0 Å². The SMILES string of the molecule is Cc1cccc(-c2nnc(NC(=O)CN(C(=O)CCc3ccccc3)C(C)C)s2)c1. The van der Waals surface area contributed by atoms with Crippen LogP contribution in [0.4, 0.5) is 5.13 Å². The fourth-order valence-corrected chi connectivity index (χ4v) is 3.84. The molecule has 2 amide bonds. The first-order chi connectivity index (χ1) is 14.4. The smallest absolute Gasteiger partial charge is 0.245 e. The van der Waals surface area contributed by atoms with E-state index < -0.39 is 0 Å². The second-order valence-corrected chi connectivity index (χ2v) is 8.41. The molecule has 0 saturated heterocycles. The van der Waals surface area contributed by atoms with Crippen LogP contribution in [-0.2, 0) is 16.0 Å². The predicted molar refractivity (Wildman–Crippen MR) is 120 cm³/mol. The highest BCUT2D eigenvalue weighted by Gasteiger charge is 2.21. The normalized spacial score (nSPS) is 10.8. The van der Waals surface area contributed by atoms with Crippen LogP contribution in [0.5, 0.6) is 0 Å². The number of hydrogen-bond donors (Lipinski definition) is 1. The Labute approximate surface area is 181 Å². The third-order valence-corrected chi connectivity index (χ3v) is 5.55. The average Bonchev–Trinajstić information content (AvgIpc) is 3.19. The van der Waals surface area contributed by atoms with Crippen LogP contribution in [0.3, 0.4) is 0 Å². The summed E-state index contributed by atoms with van der Waals surface area (Å²) >= 11 is 1.32. The van der Waals surface area contributed by atoms with Gasteiger partial charge in [-0.25, -0.2) is 0 Å². The van der Waals surface area contributed by atoms with Crippen molar-refractivity contribution in [2.45, 2.75) is 39.7 Å². The molecule has 30 heavy (non-hydrogen) atoms. The van der Waals surface area contributed by atoms with Gasteiger partial charge in [-0.05, 0) is 38.8 Å². The standard InChI is InChI=1S/C23H26N4O2S/c1-16(2)27(21(29)13-12-18-9-5-4-6-10-18)15-20(28)24-23-26-25-22(30-23)19-11-7-8-17(3)14-19/h4-11,14,16H,12-13,15H2,1-3H3,(H,24,26,28). The summed E-state index contributed by atoms with van der Waals surface area (Å²) in [5.74, 6) is -0.314. The Bertz CT molecular complexity index is 1000. The molecule has 1 N–H and O–H groups in total. The molecule has 1 heterocycles. The van der Waals surface area contributed by atoms with E-state index in [1.54, 1.807) is 4.90 Å². The van der Waals surface area contributed by atoms with Crippen molar-refractivity contribution >= 4 is 28.3 Å². The molecule has 0 spiro atoms. The summed E-state index contributed by atoms with van der Waals surface area (Å²) in [7, 11) is 0. The number of rotatable bonds is 8. The zero-order valence-electron chi connectivity index (χ0n) is 17.5. The number of amides is 2. The molecule has 6 nitrogen and oxygen atoms in total. The van der Waals surface area contributed by atoms with Crippen molar-refractivity contribution in [3.8, 4) is 10.6 Å². The van der Waals surface area contributed by atoms with Gasteiger partial charge in [-0.1, -0.05) is 65.4 Å². The first-order valence-corrected chi connectivity index (χ1v) is 10.8. The molecule has 7 heteroatoms. The van der Waals surface area contributed by atoms with E-state index in [-0.39, 0.29) is 24.4 Å². The lowest BCUT2D eigenvalue weighted by atomic mass is 10.1. The maximum Gasteiger partial charge on any atom is 0.245 e. The first kappa shape index (κ1) is 21.6. The Hall–Kier alpha value is -3.06. The minimum atomic E-state index is -0.274. The second kappa shape index (κ2) is 10.1. The van der Waals surface area contributed by atoms with Gasteiger partial charge < -0.3 is 4.90 Å². The molecule has 0 aliphatic rings. The monoisotopic (exact) mass is 422 g/mol. The minimum Gasteiger partial charge on any atom is -0.331 e. The molecule has 2 aromatic carbocycles. The third-order valence-electron chi connectivity index (χ3n) is 4.66. The molecule has 1 aromatic heterocycles. The van der Waals surface area contributed by atoms with Crippen LogP contribution < -0.4 is 5.32 Å². The molecule has 156 valence electrons. The van der Waals surface area contributed by atoms with Gasteiger partial charge in [0.1, 0.15) is 11.6 Å². The van der Waals surface area contributed by atoms with Gasteiger partial charge in [0.25, 0.3) is 0 Å². The summed E-state index contributed by atoms with van der Waals surface area (Å²) in [6, 6.07) is 17.8. The molecular weight excluding hydrogens is 396 g/mol. The zero-order chi connectivity index (χ0) is 21.5. The van der Waals surface area contributed by atoms with Crippen LogP contribution in [0.25, 0.3) is 10.6 Å². The van der Waals surface area contributed by atoms with E-state index in [1.165, 1.54) is 11.3 Å². The van der Waals surface area contributed by atoms with Crippen molar-refractivity contribution in [3.63, 3.8) is 0 Å². The summed E-state index contributed by atoms with van der Waals surface area (Å²) in [5, 5.41) is 12.2. The number of benzene rings is 2. The second-order valence-electron chi connectivity index (χ2n) is 7.43. The minimum absolute atomic E-state index is 0.00928. The van der Waals surface area contributed by atoms with Gasteiger partial charge in [0.15, 0.2) is 0 Å². The Morgan fingerprint density at radius 1 is 1.07 bits per heavy atom. The quantitative estimate of drug-likeness (QED) is 0.587. The largest absolute Gasteiger partial charge is 0.331 e. The van der Waals surface area contributed by atoms with Gasteiger partial charge in [-0.3, -0.25) is 14.9 Å². The van der Waals surface area contributed by atoms with Crippen LogP contribution in [0.15, 0.2) is 54.6 Å². The van der Waals surface area contributed by atoms with Crippen LogP contribution in [0.2, 0.25) is 0 Å². The fraction of sp³-hybridized carbons (Fsp3) is 0.304. The highest BCUT2D eigenvalue weighted by molar-refractivity contribution is 7.18. The van der Waals surface area contributed by atoms with Crippen LogP contribution >= 0.6 is 11.3 Å². The topological polar surface area (TPSA) is 75.2 Å². The van der Waals surface area contributed by atoms with E-state index in [0.717, 1.165) is 21.7 Å². The maximum atomic E-state index is 12.7. The highest BCUT2D eigenvalue weighted by atomic mass is 32.1. The van der Waals surface area contributed by atoms with Gasteiger partial charge in [0.05, 0.1) is 0 Å². The summed E-state index contributed by atoms with van der Waals surface area (Å²) in [5.41, 5.74) is 3.21. The maximum absolute atomic E-state index is 12.7. The molecule has 0 unspecified atom stereocenters. The Kier molecular flexibility index (Phi) is 7.30. The predicted octanol–water partition coefficient (Wildman–Crippen LogP) is 4.32. The molecule has 0 aliphatic carbocycles. The Morgan fingerprint density at radius 3 is 2.53 bits per heavy atom. The number of carbonyl (C=O) groups is 2. The summed E-state index contributed by atoms with van der Waals surface area (Å²) < 4.78 is 0. The number of anilines is 1. The lowest BCUT2D eigenvalue weighted by molar-refractivity contribution is -0.136. The molecule has 3 rings (SSSR count). The van der Waals surface area contributed by atoms with Gasteiger partial charge in [-0.15, -0.1) is 10.2 Å². The Balaban J connectivity index is 1.58. The van der Waals surface area contributed by atoms with Crippen molar-refractivity contribution in [2.24, 2.45) is 0 Å². The van der Waals surface area contributed by atoms with E-state index in [0.29, 0.717) is 18.0 Å². The first-order valence-electron chi connectivity index (χ1n) is 9.96. The molecular formula is C23H26N4O2S. The van der Waals surface area contributed by atoms with E-state index in [2.05, 4.69) is 15.5 Å². The summed E-state index contributed by atoms with van der Waals surface area (Å²) in [6.45, 7) is 5.83. The van der Waals surface area contributed by atoms with E-state index >= 15 is 0 Å². The summed E-state index contributed by atoms with van der Waals surface area (Å²) in [6.07, 6.45) is 1.02. The van der Waals surface area contributed by atoms with Crippen molar-refractivity contribution < 1.29 is 9.59 Å². The van der Waals surface area contributed by atoms with Crippen molar-refractivity contribution in [1.29, 1.82) is 0 Å². The van der Waals surface area contributed by atoms with Gasteiger partial charge in [0, 0.05) is 18.0 Å². The number of aromatic nitrogens is 2. The third kappa shape index (κ3) is 5.97. The van der Waals surface area contributed by atoms with Crippen molar-refractivity contribution in [2.75, 3.05) is 11.9 Å². The van der Waals surface area contributed by atoms with E-state index in [9.17, 15) is 9.59 Å². The molecule has 0 fully saturated rings. The molecule has 3 aromatic rings. The average molecular weight is 423 g/mol. The number of carbonyl (C=O) groups excluding carboxylic acids is 2. The van der Waals surface area contributed by atoms with E-state index in [4.69, 9.17) is 0 Å². The lowest BCUT2D eigenvalue weighted by Crippen LogP contribution is -2.42. The van der Waals surface area contributed by atoms with E-state index in [1.807, 2.05) is 75.4 Å². The number of hydrogen-bond acceptors (Lipinski definition) is 5. The lowest BCUT2D eigenvalue weighted by Gasteiger charge is -2.26. The van der Waals surface area contributed by atoms with Gasteiger partial charge in [0.2, 0.25) is 16.9 Å². The summed E-state index contributed by atoms with van der Waals surface area (Å²) in [4.78, 5) is 26.8. The van der Waals surface area contributed by atoms with Crippen molar-refractivity contribution in [3.05, 3.63) is 65.7 Å². The van der Waals surface area contributed by atoms with Gasteiger partial charge >= 0.3 is 0 Å². The zero-order valence-corrected chi connectivity index (χ0v) is 18.3. The Morgan fingerprint density at radius 2 is 1.83 bits per heavy atom.